The second-order valence-electron chi connectivity index (χ2n) is 10.5. The van der Waals surface area contributed by atoms with E-state index >= 15 is 0 Å². The molecule has 174 valence electrons. The Bertz CT molecular complexity index is 1130. The van der Waals surface area contributed by atoms with Gasteiger partial charge in [-0.2, -0.15) is 0 Å². The van der Waals surface area contributed by atoms with Crippen molar-refractivity contribution in [1.29, 1.82) is 0 Å². The van der Waals surface area contributed by atoms with Crippen LogP contribution in [0.1, 0.15) is 74.4 Å². The minimum absolute atomic E-state index is 0.0830. The Balaban J connectivity index is 1.77. The molecule has 1 unspecified atom stereocenters. The fourth-order valence-corrected chi connectivity index (χ4v) is 6.17. The van der Waals surface area contributed by atoms with Crippen LogP contribution < -0.4 is 9.64 Å². The predicted octanol–water partition coefficient (Wildman–Crippen LogP) is 5.77. The Labute approximate surface area is 200 Å². The number of halogens is 1. The summed E-state index contributed by atoms with van der Waals surface area (Å²) in [5, 5.41) is 0.559. The molecule has 2 aromatic rings. The zero-order chi connectivity index (χ0) is 23.5. The van der Waals surface area contributed by atoms with E-state index < -0.39 is 11.1 Å². The van der Waals surface area contributed by atoms with Gasteiger partial charge in [0, 0.05) is 33.8 Å². The second kappa shape index (κ2) is 7.76. The van der Waals surface area contributed by atoms with Gasteiger partial charge in [0.15, 0.2) is 5.54 Å². The molecule has 5 nitrogen and oxygen atoms in total. The topological polar surface area (TPSA) is 49.9 Å². The zero-order valence-corrected chi connectivity index (χ0v) is 20.5. The fourth-order valence-electron chi connectivity index (χ4n) is 6.00. The summed E-state index contributed by atoms with van der Waals surface area (Å²) in [4.78, 5) is 32.2. The molecule has 5 rings (SSSR count). The smallest absolute Gasteiger partial charge is 0.262 e. The highest BCUT2D eigenvalue weighted by molar-refractivity contribution is 6.31. The average molecular weight is 467 g/mol. The third-order valence-electron chi connectivity index (χ3n) is 7.44. The van der Waals surface area contributed by atoms with Gasteiger partial charge >= 0.3 is 0 Å². The number of carbonyl (C=O) groups is 2. The molecule has 6 heteroatoms. The molecule has 2 heterocycles. The van der Waals surface area contributed by atoms with Crippen molar-refractivity contribution in [2.24, 2.45) is 5.92 Å². The highest BCUT2D eigenvalue weighted by Gasteiger charge is 2.64. The van der Waals surface area contributed by atoms with Crippen molar-refractivity contribution in [3.05, 3.63) is 58.1 Å². The molecule has 33 heavy (non-hydrogen) atoms. The van der Waals surface area contributed by atoms with E-state index in [9.17, 15) is 9.59 Å². The van der Waals surface area contributed by atoms with Crippen molar-refractivity contribution in [3.63, 3.8) is 0 Å². The molecule has 1 fully saturated rings. The van der Waals surface area contributed by atoms with Crippen LogP contribution in [0.2, 0.25) is 5.02 Å². The number of nitrogens with zero attached hydrogens (tertiary/aromatic N) is 2. The number of rotatable bonds is 3. The van der Waals surface area contributed by atoms with Crippen LogP contribution in [0, 0.1) is 5.92 Å². The molecule has 1 atom stereocenters. The monoisotopic (exact) mass is 466 g/mol. The van der Waals surface area contributed by atoms with Crippen LogP contribution in [0.3, 0.4) is 0 Å². The molecule has 0 saturated heterocycles. The summed E-state index contributed by atoms with van der Waals surface area (Å²) in [5.74, 6) is 0.806. The first-order valence-electron chi connectivity index (χ1n) is 11.8. The third kappa shape index (κ3) is 3.19. The Morgan fingerprint density at radius 2 is 1.76 bits per heavy atom. The van der Waals surface area contributed by atoms with Gasteiger partial charge in [-0.05, 0) is 69.9 Å². The van der Waals surface area contributed by atoms with Crippen molar-refractivity contribution in [2.75, 3.05) is 18.6 Å². The lowest BCUT2D eigenvalue weighted by molar-refractivity contribution is -0.127. The molecular weight excluding hydrogens is 436 g/mol. The Morgan fingerprint density at radius 3 is 2.42 bits per heavy atom. The Hall–Kier alpha value is -2.53. The summed E-state index contributed by atoms with van der Waals surface area (Å²) in [6, 6.07) is 11.1. The molecule has 1 saturated carbocycles. The summed E-state index contributed by atoms with van der Waals surface area (Å²) < 4.78 is 5.43. The molecular formula is C27H31ClN2O3. The van der Waals surface area contributed by atoms with E-state index in [0.717, 1.165) is 29.7 Å². The normalized spacial score (nSPS) is 22.8. The third-order valence-corrected chi connectivity index (χ3v) is 7.67. The van der Waals surface area contributed by atoms with Crippen LogP contribution in [0.4, 0.5) is 5.69 Å². The van der Waals surface area contributed by atoms with Gasteiger partial charge in [-0.25, -0.2) is 0 Å². The molecule has 2 amide bonds. The van der Waals surface area contributed by atoms with Gasteiger partial charge in [-0.15, -0.1) is 0 Å². The molecule has 0 N–H and O–H groups in total. The minimum atomic E-state index is -1.20. The summed E-state index contributed by atoms with van der Waals surface area (Å²) in [6.07, 6.45) is 5.75. The maximum absolute atomic E-state index is 14.5. The van der Waals surface area contributed by atoms with Crippen molar-refractivity contribution in [2.45, 2.75) is 64.0 Å². The lowest BCUT2D eigenvalue weighted by Gasteiger charge is -2.40. The number of fused-ring (bicyclic) bond motifs is 4. The largest absolute Gasteiger partial charge is 0.497 e. The molecule has 3 aliphatic rings. The number of hydrogen-bond acceptors (Lipinski definition) is 3. The second-order valence-corrected chi connectivity index (χ2v) is 11.0. The van der Waals surface area contributed by atoms with Gasteiger partial charge in [0.05, 0.1) is 12.8 Å². The van der Waals surface area contributed by atoms with Crippen molar-refractivity contribution in [1.82, 2.24) is 4.90 Å². The van der Waals surface area contributed by atoms with Crippen LogP contribution in [0.25, 0.3) is 0 Å². The van der Waals surface area contributed by atoms with Gasteiger partial charge < -0.3 is 14.5 Å². The van der Waals surface area contributed by atoms with Gasteiger partial charge in [-0.1, -0.05) is 36.9 Å². The fraction of sp³-hybridized carbons (Fsp3) is 0.481. The van der Waals surface area contributed by atoms with Crippen LogP contribution in [0.5, 0.6) is 5.75 Å². The van der Waals surface area contributed by atoms with Gasteiger partial charge in [0.1, 0.15) is 5.75 Å². The first-order valence-corrected chi connectivity index (χ1v) is 12.2. The van der Waals surface area contributed by atoms with Gasteiger partial charge in [-0.3, -0.25) is 9.59 Å². The van der Waals surface area contributed by atoms with E-state index in [1.807, 2.05) is 60.9 Å². The average Bonchev–Trinajstić information content (AvgIpc) is 3.18. The van der Waals surface area contributed by atoms with Crippen LogP contribution in [-0.4, -0.2) is 35.9 Å². The minimum Gasteiger partial charge on any atom is -0.497 e. The number of benzene rings is 2. The number of methoxy groups -OCH3 is 1. The first-order chi connectivity index (χ1) is 15.7. The van der Waals surface area contributed by atoms with E-state index in [1.165, 1.54) is 19.3 Å². The highest BCUT2D eigenvalue weighted by Crippen LogP contribution is 2.56. The van der Waals surface area contributed by atoms with Gasteiger partial charge in [0.2, 0.25) is 0 Å². The molecule has 2 aromatic carbocycles. The van der Waals surface area contributed by atoms with Crippen LogP contribution in [0.15, 0.2) is 36.4 Å². The molecule has 1 aliphatic carbocycles. The molecule has 1 spiro atoms. The quantitative estimate of drug-likeness (QED) is 0.576. The summed E-state index contributed by atoms with van der Waals surface area (Å²) >= 11 is 6.49. The maximum atomic E-state index is 14.5. The summed E-state index contributed by atoms with van der Waals surface area (Å²) in [7, 11) is 1.59. The molecule has 0 aromatic heterocycles. The first kappa shape index (κ1) is 22.3. The van der Waals surface area contributed by atoms with Crippen molar-refractivity contribution in [3.8, 4) is 5.75 Å². The van der Waals surface area contributed by atoms with E-state index in [1.54, 1.807) is 13.2 Å². The molecule has 0 radical (unpaired) electrons. The van der Waals surface area contributed by atoms with E-state index in [-0.39, 0.29) is 11.8 Å². The van der Waals surface area contributed by atoms with Crippen LogP contribution >= 0.6 is 11.6 Å². The zero-order valence-electron chi connectivity index (χ0n) is 19.8. The predicted molar refractivity (Wildman–Crippen MR) is 130 cm³/mol. The Kier molecular flexibility index (Phi) is 5.24. The number of carbonyl (C=O) groups excluding carboxylic acids is 2. The van der Waals surface area contributed by atoms with Crippen molar-refractivity contribution < 1.29 is 14.3 Å². The summed E-state index contributed by atoms with van der Waals surface area (Å²) in [5.41, 5.74) is 1.22. The Morgan fingerprint density at radius 1 is 1.03 bits per heavy atom. The number of anilines is 1. The standard InChI is InChI=1S/C27H31ClN2O3/c1-26(2,3)30-23-13-10-18(28)14-22(23)27(25(30)32)21-12-11-19(33-4)15-20(21)24(31)29(27)16-17-8-6-5-7-9-17/h10-15,17H,5-9,16H2,1-4H3. The SMILES string of the molecule is COc1ccc2c(c1)C(=O)N(CC1CCCCC1)C21C(=O)N(C(C)(C)C)c2ccc(Cl)cc21. The van der Waals surface area contributed by atoms with E-state index in [4.69, 9.17) is 16.3 Å². The summed E-state index contributed by atoms with van der Waals surface area (Å²) in [6.45, 7) is 6.64. The van der Waals surface area contributed by atoms with E-state index in [0.29, 0.717) is 28.8 Å². The number of hydrogen-bond donors (Lipinski definition) is 0. The van der Waals surface area contributed by atoms with E-state index in [2.05, 4.69) is 0 Å². The van der Waals surface area contributed by atoms with Crippen molar-refractivity contribution >= 4 is 29.1 Å². The number of ether oxygens (including phenoxy) is 1. The molecule has 0 bridgehead atoms. The number of amides is 2. The maximum Gasteiger partial charge on any atom is 0.262 e. The lowest BCUT2D eigenvalue weighted by atomic mass is 9.82. The van der Waals surface area contributed by atoms with Gasteiger partial charge in [0.25, 0.3) is 11.8 Å². The lowest BCUT2D eigenvalue weighted by Crippen LogP contribution is -2.56. The molecule has 2 aliphatic heterocycles. The van der Waals surface area contributed by atoms with Crippen LogP contribution in [-0.2, 0) is 10.3 Å². The highest BCUT2D eigenvalue weighted by atomic mass is 35.5.